The van der Waals surface area contributed by atoms with E-state index in [1.165, 1.54) is 11.1 Å². The van der Waals surface area contributed by atoms with Gasteiger partial charge in [-0.25, -0.2) is 4.79 Å². The zero-order chi connectivity index (χ0) is 13.3. The topological polar surface area (TPSA) is 23.6 Å². The zero-order valence-electron chi connectivity index (χ0n) is 11.7. The molecule has 0 bridgehead atoms. The summed E-state index contributed by atoms with van der Waals surface area (Å²) in [5, 5.41) is 0. The molecule has 0 radical (unpaired) electrons. The van der Waals surface area contributed by atoms with Crippen LogP contribution in [0.4, 0.5) is 4.79 Å². The lowest BCUT2D eigenvalue weighted by molar-refractivity contribution is 0.126. The van der Waals surface area contributed by atoms with Crippen molar-refractivity contribution in [3.8, 4) is 0 Å². The summed E-state index contributed by atoms with van der Waals surface area (Å²) in [4.78, 5) is 16.0. The van der Waals surface area contributed by atoms with Gasteiger partial charge in [-0.05, 0) is 23.5 Å². The standard InChI is InChI=1S/C15H22N2O/c1-11(2)14-13-8-6-5-7-12(13)9-10-17(14)15(18)16(3)4/h5-8,11,14H,9-10H2,1-4H3. The van der Waals surface area contributed by atoms with Crippen LogP contribution in [0.5, 0.6) is 0 Å². The van der Waals surface area contributed by atoms with E-state index in [1.807, 2.05) is 19.0 Å². The average molecular weight is 246 g/mol. The molecule has 1 aromatic carbocycles. The molecule has 1 unspecified atom stereocenters. The second kappa shape index (κ2) is 5.01. The summed E-state index contributed by atoms with van der Waals surface area (Å²) >= 11 is 0. The number of urea groups is 1. The van der Waals surface area contributed by atoms with E-state index in [0.29, 0.717) is 5.92 Å². The lowest BCUT2D eigenvalue weighted by Crippen LogP contribution is -2.46. The first-order valence-electron chi connectivity index (χ1n) is 6.58. The predicted molar refractivity (Wildman–Crippen MR) is 73.5 cm³/mol. The summed E-state index contributed by atoms with van der Waals surface area (Å²) in [7, 11) is 3.64. The highest BCUT2D eigenvalue weighted by molar-refractivity contribution is 5.75. The van der Waals surface area contributed by atoms with Gasteiger partial charge in [-0.15, -0.1) is 0 Å². The third-order valence-electron chi connectivity index (χ3n) is 3.59. The fourth-order valence-corrected chi connectivity index (χ4v) is 2.79. The Labute approximate surface area is 109 Å². The first-order valence-corrected chi connectivity index (χ1v) is 6.58. The minimum atomic E-state index is 0.114. The number of hydrogen-bond acceptors (Lipinski definition) is 1. The third kappa shape index (κ3) is 2.22. The van der Waals surface area contributed by atoms with Gasteiger partial charge in [0.15, 0.2) is 0 Å². The summed E-state index contributed by atoms with van der Waals surface area (Å²) in [6.45, 7) is 5.18. The van der Waals surface area contributed by atoms with Crippen molar-refractivity contribution in [3.05, 3.63) is 35.4 Å². The van der Waals surface area contributed by atoms with E-state index in [-0.39, 0.29) is 12.1 Å². The number of rotatable bonds is 1. The quantitative estimate of drug-likeness (QED) is 0.747. The SMILES string of the molecule is CC(C)C1c2ccccc2CCN1C(=O)N(C)C. The Hall–Kier alpha value is -1.51. The Kier molecular flexibility index (Phi) is 3.60. The van der Waals surface area contributed by atoms with Crippen LogP contribution in [0.15, 0.2) is 24.3 Å². The maximum absolute atomic E-state index is 12.3. The van der Waals surface area contributed by atoms with Crippen LogP contribution in [-0.4, -0.2) is 36.5 Å². The fourth-order valence-electron chi connectivity index (χ4n) is 2.79. The number of carbonyl (C=O) groups excluding carboxylic acids is 1. The van der Waals surface area contributed by atoms with Crippen LogP contribution in [0.2, 0.25) is 0 Å². The van der Waals surface area contributed by atoms with Gasteiger partial charge in [-0.2, -0.15) is 0 Å². The third-order valence-corrected chi connectivity index (χ3v) is 3.59. The molecular weight excluding hydrogens is 224 g/mol. The van der Waals surface area contributed by atoms with Crippen molar-refractivity contribution in [2.24, 2.45) is 5.92 Å². The van der Waals surface area contributed by atoms with E-state index in [4.69, 9.17) is 0 Å². The van der Waals surface area contributed by atoms with E-state index in [9.17, 15) is 4.79 Å². The van der Waals surface area contributed by atoms with Gasteiger partial charge in [-0.1, -0.05) is 38.1 Å². The van der Waals surface area contributed by atoms with E-state index in [1.54, 1.807) is 4.90 Å². The molecule has 1 aliphatic heterocycles. The van der Waals surface area contributed by atoms with Crippen LogP contribution in [-0.2, 0) is 6.42 Å². The fraction of sp³-hybridized carbons (Fsp3) is 0.533. The molecular formula is C15H22N2O. The smallest absolute Gasteiger partial charge is 0.320 e. The zero-order valence-corrected chi connectivity index (χ0v) is 11.7. The van der Waals surface area contributed by atoms with Gasteiger partial charge >= 0.3 is 6.03 Å². The van der Waals surface area contributed by atoms with E-state index >= 15 is 0 Å². The van der Waals surface area contributed by atoms with Gasteiger partial charge in [0, 0.05) is 20.6 Å². The molecule has 0 aliphatic carbocycles. The Balaban J connectivity index is 2.39. The lowest BCUT2D eigenvalue weighted by atomic mass is 9.86. The molecule has 0 saturated carbocycles. The van der Waals surface area contributed by atoms with E-state index in [2.05, 4.69) is 38.1 Å². The number of carbonyl (C=O) groups is 1. The van der Waals surface area contributed by atoms with Crippen LogP contribution in [0.3, 0.4) is 0 Å². The number of benzene rings is 1. The summed E-state index contributed by atoms with van der Waals surface area (Å²) in [6, 6.07) is 8.81. The van der Waals surface area contributed by atoms with Crippen LogP contribution in [0.25, 0.3) is 0 Å². The Bertz CT molecular complexity index is 440. The van der Waals surface area contributed by atoms with E-state index < -0.39 is 0 Å². The molecule has 0 N–H and O–H groups in total. The average Bonchev–Trinajstić information content (AvgIpc) is 2.36. The van der Waals surface area contributed by atoms with Crippen LogP contribution < -0.4 is 0 Å². The van der Waals surface area contributed by atoms with Crippen molar-refractivity contribution in [2.45, 2.75) is 26.3 Å². The monoisotopic (exact) mass is 246 g/mol. The molecule has 1 heterocycles. The maximum atomic E-state index is 12.3. The molecule has 98 valence electrons. The van der Waals surface area contributed by atoms with Crippen LogP contribution >= 0.6 is 0 Å². The summed E-state index contributed by atoms with van der Waals surface area (Å²) in [6.07, 6.45) is 0.957. The largest absolute Gasteiger partial charge is 0.331 e. The molecule has 18 heavy (non-hydrogen) atoms. The van der Waals surface area contributed by atoms with Crippen molar-refractivity contribution in [1.29, 1.82) is 0 Å². The maximum Gasteiger partial charge on any atom is 0.320 e. The summed E-state index contributed by atoms with van der Waals surface area (Å²) in [5.74, 6) is 0.426. The van der Waals surface area contributed by atoms with Gasteiger partial charge in [0.05, 0.1) is 6.04 Å². The molecule has 1 aromatic rings. The summed E-state index contributed by atoms with van der Waals surface area (Å²) < 4.78 is 0. The number of amides is 2. The minimum absolute atomic E-state index is 0.114. The number of nitrogens with zero attached hydrogens (tertiary/aromatic N) is 2. The molecule has 0 fully saturated rings. The van der Waals surface area contributed by atoms with Crippen molar-refractivity contribution in [2.75, 3.05) is 20.6 Å². The second-order valence-electron chi connectivity index (χ2n) is 5.51. The molecule has 3 nitrogen and oxygen atoms in total. The van der Waals surface area contributed by atoms with Crippen molar-refractivity contribution < 1.29 is 4.79 Å². The molecule has 2 amide bonds. The van der Waals surface area contributed by atoms with Crippen molar-refractivity contribution in [1.82, 2.24) is 9.80 Å². The molecule has 0 spiro atoms. The van der Waals surface area contributed by atoms with Gasteiger partial charge in [0.1, 0.15) is 0 Å². The first-order chi connectivity index (χ1) is 8.52. The molecule has 2 rings (SSSR count). The highest BCUT2D eigenvalue weighted by atomic mass is 16.2. The Morgan fingerprint density at radius 3 is 2.61 bits per heavy atom. The van der Waals surface area contributed by atoms with Gasteiger partial charge in [0.25, 0.3) is 0 Å². The van der Waals surface area contributed by atoms with Crippen LogP contribution in [0, 0.1) is 5.92 Å². The lowest BCUT2D eigenvalue weighted by Gasteiger charge is -2.40. The first kappa shape index (κ1) is 12.9. The minimum Gasteiger partial charge on any atom is -0.331 e. The molecule has 3 heteroatoms. The molecule has 1 aliphatic rings. The van der Waals surface area contributed by atoms with Gasteiger partial charge in [0.2, 0.25) is 0 Å². The van der Waals surface area contributed by atoms with Gasteiger partial charge < -0.3 is 9.80 Å². The number of fused-ring (bicyclic) bond motifs is 1. The van der Waals surface area contributed by atoms with Crippen LogP contribution in [0.1, 0.15) is 31.0 Å². The van der Waals surface area contributed by atoms with Crippen molar-refractivity contribution >= 4 is 6.03 Å². The van der Waals surface area contributed by atoms with Crippen molar-refractivity contribution in [3.63, 3.8) is 0 Å². The number of hydrogen-bond donors (Lipinski definition) is 0. The highest BCUT2D eigenvalue weighted by Gasteiger charge is 2.33. The predicted octanol–water partition coefficient (Wildman–Crippen LogP) is 2.92. The normalized spacial score (nSPS) is 18.7. The second-order valence-corrected chi connectivity index (χ2v) is 5.51. The highest BCUT2D eigenvalue weighted by Crippen LogP contribution is 2.35. The van der Waals surface area contributed by atoms with Gasteiger partial charge in [-0.3, -0.25) is 0 Å². The summed E-state index contributed by atoms with van der Waals surface area (Å²) in [5.41, 5.74) is 2.70. The Morgan fingerprint density at radius 1 is 1.33 bits per heavy atom. The molecule has 0 saturated heterocycles. The van der Waals surface area contributed by atoms with E-state index in [0.717, 1.165) is 13.0 Å². The molecule has 1 atom stereocenters. The Morgan fingerprint density at radius 2 is 2.00 bits per heavy atom. The molecule has 0 aromatic heterocycles.